The molecule has 1 aromatic heterocycles. The first-order valence-corrected chi connectivity index (χ1v) is 7.28. The molecule has 3 heterocycles. The summed E-state index contributed by atoms with van der Waals surface area (Å²) in [5.41, 5.74) is 1.12. The van der Waals surface area contributed by atoms with E-state index in [1.807, 2.05) is 15.7 Å². The van der Waals surface area contributed by atoms with Crippen LogP contribution >= 0.6 is 0 Å². The molecule has 0 radical (unpaired) electrons. The average molecular weight is 278 g/mol. The van der Waals surface area contributed by atoms with Gasteiger partial charge in [-0.15, -0.1) is 0 Å². The number of rotatable bonds is 2. The lowest BCUT2D eigenvalue weighted by Crippen LogP contribution is -2.50. The monoisotopic (exact) mass is 278 g/mol. The zero-order chi connectivity index (χ0) is 14.1. The number of hydrogen-bond acceptors (Lipinski definition) is 4. The Morgan fingerprint density at radius 1 is 1.40 bits per heavy atom. The third kappa shape index (κ3) is 2.45. The predicted octanol–water partition coefficient (Wildman–Crippen LogP) is 0.507. The van der Waals surface area contributed by atoms with Gasteiger partial charge in [0.15, 0.2) is 0 Å². The lowest BCUT2D eigenvalue weighted by atomic mass is 10.1. The molecule has 3 rings (SSSR count). The highest BCUT2D eigenvalue weighted by atomic mass is 16.5. The Labute approximate surface area is 119 Å². The summed E-state index contributed by atoms with van der Waals surface area (Å²) >= 11 is 0. The van der Waals surface area contributed by atoms with E-state index in [1.165, 1.54) is 0 Å². The minimum Gasteiger partial charge on any atom is -0.378 e. The molecule has 1 aromatic rings. The summed E-state index contributed by atoms with van der Waals surface area (Å²) in [7, 11) is 0. The number of ether oxygens (including phenoxy) is 1. The smallest absolute Gasteiger partial charge is 0.247 e. The largest absolute Gasteiger partial charge is 0.378 e. The first kappa shape index (κ1) is 13.6. The van der Waals surface area contributed by atoms with E-state index in [-0.39, 0.29) is 11.9 Å². The van der Waals surface area contributed by atoms with Crippen molar-refractivity contribution in [3.63, 3.8) is 0 Å². The van der Waals surface area contributed by atoms with Crippen molar-refractivity contribution in [2.45, 2.75) is 32.5 Å². The standard InChI is InChI=1S/C14H22N4O2/c1-11(2)17-8-12-7-15-10-18(12)13(9-17)14(19)16-3-5-20-6-4-16/h7,10-11,13H,3-6,8-9H2,1-2H3. The van der Waals surface area contributed by atoms with Crippen molar-refractivity contribution in [3.8, 4) is 0 Å². The Hall–Kier alpha value is -1.40. The number of carbonyl (C=O) groups is 1. The van der Waals surface area contributed by atoms with Crippen LogP contribution in [0.3, 0.4) is 0 Å². The van der Waals surface area contributed by atoms with Gasteiger partial charge in [0, 0.05) is 38.4 Å². The van der Waals surface area contributed by atoms with Crippen molar-refractivity contribution in [2.75, 3.05) is 32.8 Å². The molecule has 1 amide bonds. The second kappa shape index (κ2) is 5.54. The first-order chi connectivity index (χ1) is 9.66. The SMILES string of the molecule is CC(C)N1Cc2cncn2C(C(=O)N2CCOCC2)C1. The summed E-state index contributed by atoms with van der Waals surface area (Å²) in [5, 5.41) is 0. The van der Waals surface area contributed by atoms with E-state index < -0.39 is 0 Å². The Morgan fingerprint density at radius 3 is 2.85 bits per heavy atom. The summed E-state index contributed by atoms with van der Waals surface area (Å²) < 4.78 is 7.37. The highest BCUT2D eigenvalue weighted by Crippen LogP contribution is 2.24. The van der Waals surface area contributed by atoms with E-state index in [0.717, 1.165) is 18.8 Å². The van der Waals surface area contributed by atoms with Crippen LogP contribution in [0, 0.1) is 0 Å². The van der Waals surface area contributed by atoms with Crippen molar-refractivity contribution in [2.24, 2.45) is 0 Å². The molecule has 2 aliphatic rings. The van der Waals surface area contributed by atoms with Crippen LogP contribution in [0.4, 0.5) is 0 Å². The van der Waals surface area contributed by atoms with E-state index in [2.05, 4.69) is 23.7 Å². The van der Waals surface area contributed by atoms with Gasteiger partial charge in [0.1, 0.15) is 6.04 Å². The minimum atomic E-state index is -0.151. The van der Waals surface area contributed by atoms with E-state index in [0.29, 0.717) is 32.3 Å². The average Bonchev–Trinajstić information content (AvgIpc) is 2.94. The van der Waals surface area contributed by atoms with Gasteiger partial charge in [0.2, 0.25) is 5.91 Å². The van der Waals surface area contributed by atoms with E-state index in [9.17, 15) is 4.79 Å². The van der Waals surface area contributed by atoms with Crippen molar-refractivity contribution in [3.05, 3.63) is 18.2 Å². The number of fused-ring (bicyclic) bond motifs is 1. The summed E-state index contributed by atoms with van der Waals surface area (Å²) in [4.78, 5) is 21.2. The highest BCUT2D eigenvalue weighted by Gasteiger charge is 2.34. The first-order valence-electron chi connectivity index (χ1n) is 7.28. The van der Waals surface area contributed by atoms with Crippen LogP contribution in [-0.4, -0.2) is 64.1 Å². The second-order valence-corrected chi connectivity index (χ2v) is 5.77. The predicted molar refractivity (Wildman–Crippen MR) is 74.2 cm³/mol. The van der Waals surface area contributed by atoms with Crippen molar-refractivity contribution in [1.29, 1.82) is 0 Å². The minimum absolute atomic E-state index is 0.151. The van der Waals surface area contributed by atoms with Crippen molar-refractivity contribution in [1.82, 2.24) is 19.4 Å². The number of morpholine rings is 1. The molecular weight excluding hydrogens is 256 g/mol. The number of carbonyl (C=O) groups excluding carboxylic acids is 1. The molecule has 0 aromatic carbocycles. The van der Waals surface area contributed by atoms with Gasteiger partial charge in [-0.05, 0) is 13.8 Å². The molecule has 0 spiro atoms. The number of hydrogen-bond donors (Lipinski definition) is 0. The van der Waals surface area contributed by atoms with Crippen LogP contribution in [0.1, 0.15) is 25.6 Å². The Kier molecular flexibility index (Phi) is 3.76. The van der Waals surface area contributed by atoms with E-state index >= 15 is 0 Å². The fraction of sp³-hybridized carbons (Fsp3) is 0.714. The van der Waals surface area contributed by atoms with Crippen LogP contribution in [0.2, 0.25) is 0 Å². The van der Waals surface area contributed by atoms with Gasteiger partial charge >= 0.3 is 0 Å². The molecule has 6 nitrogen and oxygen atoms in total. The van der Waals surface area contributed by atoms with Crippen LogP contribution < -0.4 is 0 Å². The summed E-state index contributed by atoms with van der Waals surface area (Å²) in [6.07, 6.45) is 3.66. The van der Waals surface area contributed by atoms with Crippen LogP contribution in [0.5, 0.6) is 0 Å². The molecule has 1 fully saturated rings. The summed E-state index contributed by atoms with van der Waals surface area (Å²) in [6.45, 7) is 8.64. The van der Waals surface area contributed by atoms with Crippen LogP contribution in [0.15, 0.2) is 12.5 Å². The molecule has 1 atom stereocenters. The van der Waals surface area contributed by atoms with Gasteiger partial charge in [-0.2, -0.15) is 0 Å². The van der Waals surface area contributed by atoms with Crippen LogP contribution in [-0.2, 0) is 16.1 Å². The Balaban J connectivity index is 1.82. The number of imidazole rings is 1. The van der Waals surface area contributed by atoms with Gasteiger partial charge in [0.05, 0.1) is 25.2 Å². The fourth-order valence-corrected chi connectivity index (χ4v) is 2.90. The van der Waals surface area contributed by atoms with E-state index in [1.54, 1.807) is 6.33 Å². The maximum absolute atomic E-state index is 12.8. The molecule has 6 heteroatoms. The second-order valence-electron chi connectivity index (χ2n) is 5.77. The van der Waals surface area contributed by atoms with Crippen molar-refractivity contribution >= 4 is 5.91 Å². The molecule has 110 valence electrons. The summed E-state index contributed by atoms with van der Waals surface area (Å²) in [5.74, 6) is 0.193. The van der Waals surface area contributed by atoms with Gasteiger partial charge in [0.25, 0.3) is 0 Å². The molecule has 0 saturated carbocycles. The van der Waals surface area contributed by atoms with Crippen LogP contribution in [0.25, 0.3) is 0 Å². The van der Waals surface area contributed by atoms with Gasteiger partial charge < -0.3 is 14.2 Å². The molecule has 0 bridgehead atoms. The zero-order valence-electron chi connectivity index (χ0n) is 12.2. The third-order valence-corrected chi connectivity index (χ3v) is 4.19. The number of nitrogens with zero attached hydrogens (tertiary/aromatic N) is 4. The number of aromatic nitrogens is 2. The van der Waals surface area contributed by atoms with Crippen molar-refractivity contribution < 1.29 is 9.53 Å². The van der Waals surface area contributed by atoms with Gasteiger partial charge in [-0.3, -0.25) is 9.69 Å². The maximum atomic E-state index is 12.8. The van der Waals surface area contributed by atoms with Gasteiger partial charge in [-0.1, -0.05) is 0 Å². The number of amides is 1. The highest BCUT2D eigenvalue weighted by molar-refractivity contribution is 5.81. The Bertz CT molecular complexity index is 479. The zero-order valence-corrected chi connectivity index (χ0v) is 12.2. The van der Waals surface area contributed by atoms with E-state index in [4.69, 9.17) is 4.74 Å². The van der Waals surface area contributed by atoms with Gasteiger partial charge in [-0.25, -0.2) is 4.98 Å². The molecular formula is C14H22N4O2. The lowest BCUT2D eigenvalue weighted by Gasteiger charge is -2.38. The third-order valence-electron chi connectivity index (χ3n) is 4.19. The Morgan fingerprint density at radius 2 is 2.15 bits per heavy atom. The molecule has 2 aliphatic heterocycles. The molecule has 20 heavy (non-hydrogen) atoms. The quantitative estimate of drug-likeness (QED) is 0.791. The summed E-state index contributed by atoms with van der Waals surface area (Å²) in [6, 6.07) is 0.278. The molecule has 1 unspecified atom stereocenters. The molecule has 0 N–H and O–H groups in total. The fourth-order valence-electron chi connectivity index (χ4n) is 2.90. The normalized spacial score (nSPS) is 23.9. The molecule has 0 aliphatic carbocycles. The topological polar surface area (TPSA) is 50.6 Å². The lowest BCUT2D eigenvalue weighted by molar-refractivity contribution is -0.140. The maximum Gasteiger partial charge on any atom is 0.247 e. The molecule has 1 saturated heterocycles.